The van der Waals surface area contributed by atoms with Gasteiger partial charge < -0.3 is 15.1 Å². The molecule has 2 fully saturated rings. The van der Waals surface area contributed by atoms with Crippen LogP contribution in [0, 0.1) is 11.3 Å². The van der Waals surface area contributed by atoms with E-state index in [1.54, 1.807) is 12.1 Å². The van der Waals surface area contributed by atoms with E-state index in [4.69, 9.17) is 4.42 Å². The molecular weight excluding hydrogens is 410 g/mol. The molecular formula is C20H20BrN3O3. The molecule has 7 heteroatoms. The summed E-state index contributed by atoms with van der Waals surface area (Å²) in [7, 11) is 0. The van der Waals surface area contributed by atoms with Crippen LogP contribution in [0.4, 0.5) is 0 Å². The lowest BCUT2D eigenvalue weighted by Gasteiger charge is -2.37. The van der Waals surface area contributed by atoms with Crippen LogP contribution >= 0.6 is 15.9 Å². The van der Waals surface area contributed by atoms with Crippen molar-refractivity contribution in [2.75, 3.05) is 0 Å². The predicted molar refractivity (Wildman–Crippen MR) is 103 cm³/mol. The van der Waals surface area contributed by atoms with Crippen molar-refractivity contribution in [3.05, 3.63) is 34.5 Å². The Morgan fingerprint density at radius 2 is 1.81 bits per heavy atom. The average Bonchev–Trinajstić information content (AvgIpc) is 3.31. The molecule has 4 rings (SSSR count). The fourth-order valence-electron chi connectivity index (χ4n) is 3.70. The maximum atomic E-state index is 13.0. The number of halogens is 1. The lowest BCUT2D eigenvalue weighted by molar-refractivity contribution is -0.129. The van der Waals surface area contributed by atoms with Crippen LogP contribution in [0.1, 0.15) is 55.5 Å². The third-order valence-electron chi connectivity index (χ3n) is 5.51. The summed E-state index contributed by atoms with van der Waals surface area (Å²) >= 11 is 3.41. The summed E-state index contributed by atoms with van der Waals surface area (Å²) in [5, 5.41) is 15.9. The minimum absolute atomic E-state index is 0.183. The molecule has 0 bridgehead atoms. The molecule has 1 aromatic carbocycles. The number of carbonyl (C=O) groups is 2. The van der Waals surface area contributed by atoms with E-state index in [9.17, 15) is 14.9 Å². The molecule has 0 unspecified atom stereocenters. The number of carbonyl (C=O) groups excluding carboxylic acids is 2. The summed E-state index contributed by atoms with van der Waals surface area (Å²) in [6, 6.07) is 9.38. The van der Waals surface area contributed by atoms with E-state index in [-0.39, 0.29) is 11.7 Å². The molecule has 0 saturated heterocycles. The zero-order valence-corrected chi connectivity index (χ0v) is 16.4. The number of nitriles is 1. The zero-order valence-electron chi connectivity index (χ0n) is 14.8. The van der Waals surface area contributed by atoms with Crippen LogP contribution in [0.25, 0.3) is 11.0 Å². The predicted octanol–water partition coefficient (Wildman–Crippen LogP) is 3.80. The van der Waals surface area contributed by atoms with Gasteiger partial charge in [-0.15, -0.1) is 0 Å². The average molecular weight is 430 g/mol. The summed E-state index contributed by atoms with van der Waals surface area (Å²) < 4.78 is 6.57. The number of nitrogens with one attached hydrogen (secondary N) is 2. The van der Waals surface area contributed by atoms with Gasteiger partial charge in [0.1, 0.15) is 16.7 Å². The van der Waals surface area contributed by atoms with Gasteiger partial charge in [-0.05, 0) is 49.9 Å². The third-order valence-corrected chi connectivity index (χ3v) is 6.01. The number of benzene rings is 1. The van der Waals surface area contributed by atoms with Crippen molar-refractivity contribution in [1.29, 1.82) is 5.26 Å². The van der Waals surface area contributed by atoms with Gasteiger partial charge >= 0.3 is 0 Å². The van der Waals surface area contributed by atoms with Crippen molar-refractivity contribution >= 4 is 38.7 Å². The molecule has 2 amide bonds. The van der Waals surface area contributed by atoms with Gasteiger partial charge in [0, 0.05) is 9.86 Å². The molecule has 2 aliphatic carbocycles. The van der Waals surface area contributed by atoms with E-state index < -0.39 is 17.0 Å². The maximum absolute atomic E-state index is 13.0. The Hall–Kier alpha value is -2.33. The summed E-state index contributed by atoms with van der Waals surface area (Å²) in [4.78, 5) is 25.9. The second-order valence-electron chi connectivity index (χ2n) is 7.54. The SMILES string of the molecule is N#CC1(NC(=O)C2(NC(=O)c3cc4cc(Br)ccc4o3)CCCCC2)CC1. The van der Waals surface area contributed by atoms with E-state index in [2.05, 4.69) is 32.6 Å². The number of furan rings is 1. The quantitative estimate of drug-likeness (QED) is 0.772. The standard InChI is InChI=1S/C20H20BrN3O3/c21-14-4-5-15-13(10-14)11-16(27-15)17(25)23-20(6-2-1-3-7-20)18(26)24-19(12-22)8-9-19/h4-5,10-11H,1-3,6-9H2,(H,23,25)(H,24,26). The number of nitrogens with zero attached hydrogens (tertiary/aromatic N) is 1. The zero-order chi connectivity index (χ0) is 19.1. The van der Waals surface area contributed by atoms with Crippen molar-refractivity contribution in [1.82, 2.24) is 10.6 Å². The van der Waals surface area contributed by atoms with Gasteiger partial charge in [-0.1, -0.05) is 35.2 Å². The number of hydrogen-bond donors (Lipinski definition) is 2. The Balaban J connectivity index is 1.58. The van der Waals surface area contributed by atoms with Gasteiger partial charge in [0.05, 0.1) is 6.07 Å². The summed E-state index contributed by atoms with van der Waals surface area (Å²) in [6.45, 7) is 0. The van der Waals surface area contributed by atoms with E-state index in [1.165, 1.54) is 0 Å². The normalized spacial score (nSPS) is 19.9. The van der Waals surface area contributed by atoms with E-state index in [1.807, 2.05) is 12.1 Å². The van der Waals surface area contributed by atoms with Crippen LogP contribution in [-0.4, -0.2) is 22.9 Å². The molecule has 6 nitrogen and oxygen atoms in total. The Morgan fingerprint density at radius 3 is 2.48 bits per heavy atom. The Labute approximate surface area is 165 Å². The number of rotatable bonds is 4. The maximum Gasteiger partial charge on any atom is 0.287 e. The summed E-state index contributed by atoms with van der Waals surface area (Å²) in [5.74, 6) is -0.475. The van der Waals surface area contributed by atoms with E-state index >= 15 is 0 Å². The highest BCUT2D eigenvalue weighted by molar-refractivity contribution is 9.10. The largest absolute Gasteiger partial charge is 0.451 e. The Bertz CT molecular complexity index is 949. The highest BCUT2D eigenvalue weighted by Gasteiger charge is 2.50. The van der Waals surface area contributed by atoms with Gasteiger partial charge in [0.2, 0.25) is 5.91 Å². The number of amides is 2. The fraction of sp³-hybridized carbons (Fsp3) is 0.450. The first-order valence-electron chi connectivity index (χ1n) is 9.21. The summed E-state index contributed by atoms with van der Waals surface area (Å²) in [5.41, 5.74) is -1.12. The van der Waals surface area contributed by atoms with Crippen LogP contribution in [0.5, 0.6) is 0 Å². The lowest BCUT2D eigenvalue weighted by atomic mass is 9.80. The van der Waals surface area contributed by atoms with E-state index in [0.29, 0.717) is 31.3 Å². The van der Waals surface area contributed by atoms with Crippen LogP contribution in [-0.2, 0) is 4.79 Å². The van der Waals surface area contributed by atoms with Crippen LogP contribution in [0.15, 0.2) is 33.2 Å². The second-order valence-corrected chi connectivity index (χ2v) is 8.45. The Kier molecular flexibility index (Phi) is 4.47. The molecule has 0 spiro atoms. The first-order chi connectivity index (χ1) is 13.0. The van der Waals surface area contributed by atoms with Gasteiger partial charge in [-0.25, -0.2) is 0 Å². The summed E-state index contributed by atoms with van der Waals surface area (Å²) in [6.07, 6.45) is 5.22. The number of hydrogen-bond acceptors (Lipinski definition) is 4. The van der Waals surface area contributed by atoms with Crippen molar-refractivity contribution in [2.45, 2.75) is 56.0 Å². The minimum atomic E-state index is -0.985. The molecule has 2 aromatic rings. The van der Waals surface area contributed by atoms with Gasteiger partial charge in [-0.3, -0.25) is 9.59 Å². The monoisotopic (exact) mass is 429 g/mol. The first kappa shape index (κ1) is 18.1. The second kappa shape index (κ2) is 6.68. The smallest absolute Gasteiger partial charge is 0.287 e. The molecule has 0 atom stereocenters. The highest BCUT2D eigenvalue weighted by atomic mass is 79.9. The molecule has 2 saturated carbocycles. The van der Waals surface area contributed by atoms with Crippen molar-refractivity contribution in [2.24, 2.45) is 0 Å². The molecule has 1 heterocycles. The molecule has 27 heavy (non-hydrogen) atoms. The molecule has 0 radical (unpaired) electrons. The number of fused-ring (bicyclic) bond motifs is 1. The van der Waals surface area contributed by atoms with Crippen molar-refractivity contribution in [3.63, 3.8) is 0 Å². The highest BCUT2D eigenvalue weighted by Crippen LogP contribution is 2.37. The van der Waals surface area contributed by atoms with Gasteiger partial charge in [0.25, 0.3) is 5.91 Å². The van der Waals surface area contributed by atoms with Crippen LogP contribution in [0.3, 0.4) is 0 Å². The lowest BCUT2D eigenvalue weighted by Crippen LogP contribution is -2.61. The molecule has 0 aliphatic heterocycles. The topological polar surface area (TPSA) is 95.1 Å². The van der Waals surface area contributed by atoms with Gasteiger partial charge in [-0.2, -0.15) is 5.26 Å². The minimum Gasteiger partial charge on any atom is -0.451 e. The molecule has 2 N–H and O–H groups in total. The van der Waals surface area contributed by atoms with Crippen molar-refractivity contribution < 1.29 is 14.0 Å². The molecule has 1 aromatic heterocycles. The Morgan fingerprint density at radius 1 is 1.07 bits per heavy atom. The van der Waals surface area contributed by atoms with E-state index in [0.717, 1.165) is 29.1 Å². The van der Waals surface area contributed by atoms with Gasteiger partial charge in [0.15, 0.2) is 5.76 Å². The first-order valence-corrected chi connectivity index (χ1v) is 10.0. The fourth-order valence-corrected chi connectivity index (χ4v) is 4.07. The van der Waals surface area contributed by atoms with Crippen LogP contribution in [0.2, 0.25) is 0 Å². The van der Waals surface area contributed by atoms with Crippen LogP contribution < -0.4 is 10.6 Å². The molecule has 140 valence electrons. The van der Waals surface area contributed by atoms with Crippen molar-refractivity contribution in [3.8, 4) is 6.07 Å². The molecule has 2 aliphatic rings. The third kappa shape index (κ3) is 3.46.